The Morgan fingerprint density at radius 3 is 2.43 bits per heavy atom. The van der Waals surface area contributed by atoms with Crippen LogP contribution in [0.3, 0.4) is 0 Å². The van der Waals surface area contributed by atoms with Crippen LogP contribution in [-0.2, 0) is 15.9 Å². The summed E-state index contributed by atoms with van der Waals surface area (Å²) in [6, 6.07) is 11.0. The molecule has 7 heteroatoms. The molecule has 0 N–H and O–H groups in total. The van der Waals surface area contributed by atoms with E-state index in [-0.39, 0.29) is 16.5 Å². The third kappa shape index (κ3) is 4.52. The molecule has 0 radical (unpaired) electrons. The zero-order valence-electron chi connectivity index (χ0n) is 11.0. The highest BCUT2D eigenvalue weighted by molar-refractivity contribution is 7.86. The van der Waals surface area contributed by atoms with E-state index in [1.807, 2.05) is 0 Å². The van der Waals surface area contributed by atoms with E-state index in [9.17, 15) is 8.42 Å². The number of halogens is 2. The Morgan fingerprint density at radius 2 is 1.76 bits per heavy atom. The van der Waals surface area contributed by atoms with Gasteiger partial charge in [-0.25, -0.2) is 0 Å². The standard InChI is InChI=1S/C14H12Cl2O4S/c1-19-11-4-2-3-10(7-11)9-21(17,18)20-12-5-6-13(15)14(16)8-12/h2-8H,9H2,1H3. The van der Waals surface area contributed by atoms with E-state index >= 15 is 0 Å². The van der Waals surface area contributed by atoms with Crippen LogP contribution in [0, 0.1) is 0 Å². The van der Waals surface area contributed by atoms with Gasteiger partial charge in [0.1, 0.15) is 17.3 Å². The van der Waals surface area contributed by atoms with E-state index in [0.717, 1.165) is 0 Å². The van der Waals surface area contributed by atoms with Gasteiger partial charge in [0.15, 0.2) is 0 Å². The van der Waals surface area contributed by atoms with Crippen molar-refractivity contribution in [3.05, 3.63) is 58.1 Å². The molecule has 0 aliphatic carbocycles. The quantitative estimate of drug-likeness (QED) is 0.770. The number of benzene rings is 2. The lowest BCUT2D eigenvalue weighted by molar-refractivity contribution is 0.414. The van der Waals surface area contributed by atoms with Crippen molar-refractivity contribution in [3.8, 4) is 11.5 Å². The number of rotatable bonds is 5. The average Bonchev–Trinajstić information content (AvgIpc) is 2.42. The van der Waals surface area contributed by atoms with Crippen LogP contribution in [0.2, 0.25) is 10.0 Å². The third-order valence-electron chi connectivity index (χ3n) is 2.59. The van der Waals surface area contributed by atoms with Crippen molar-refractivity contribution >= 4 is 33.3 Å². The molecule has 2 aromatic rings. The molecule has 0 aliphatic rings. The summed E-state index contributed by atoms with van der Waals surface area (Å²) in [5, 5.41) is 0.556. The van der Waals surface area contributed by atoms with Crippen molar-refractivity contribution in [3.63, 3.8) is 0 Å². The predicted molar refractivity (Wildman–Crippen MR) is 82.7 cm³/mol. The van der Waals surface area contributed by atoms with Crippen LogP contribution in [-0.4, -0.2) is 15.5 Å². The molecule has 0 saturated carbocycles. The molecule has 0 spiro atoms. The maximum Gasteiger partial charge on any atom is 0.313 e. The fraction of sp³-hybridized carbons (Fsp3) is 0.143. The lowest BCUT2D eigenvalue weighted by Crippen LogP contribution is -2.12. The van der Waals surface area contributed by atoms with Gasteiger partial charge >= 0.3 is 10.1 Å². The van der Waals surface area contributed by atoms with Crippen LogP contribution < -0.4 is 8.92 Å². The van der Waals surface area contributed by atoms with E-state index in [4.69, 9.17) is 32.1 Å². The van der Waals surface area contributed by atoms with E-state index in [1.165, 1.54) is 25.3 Å². The summed E-state index contributed by atoms with van der Waals surface area (Å²) >= 11 is 11.6. The SMILES string of the molecule is COc1cccc(CS(=O)(=O)Oc2ccc(Cl)c(Cl)c2)c1. The Balaban J connectivity index is 2.16. The minimum atomic E-state index is -3.80. The van der Waals surface area contributed by atoms with Crippen molar-refractivity contribution in [2.24, 2.45) is 0 Å². The molecular formula is C14H12Cl2O4S. The first-order valence-corrected chi connectivity index (χ1v) is 8.23. The molecule has 0 atom stereocenters. The fourth-order valence-electron chi connectivity index (χ4n) is 1.67. The zero-order valence-corrected chi connectivity index (χ0v) is 13.4. The van der Waals surface area contributed by atoms with Gasteiger partial charge < -0.3 is 8.92 Å². The lowest BCUT2D eigenvalue weighted by Gasteiger charge is -2.08. The van der Waals surface area contributed by atoms with Crippen molar-refractivity contribution in [2.45, 2.75) is 5.75 Å². The molecule has 2 aromatic carbocycles. The Labute approximate surface area is 133 Å². The van der Waals surface area contributed by atoms with Gasteiger partial charge in [0.25, 0.3) is 0 Å². The number of ether oxygens (including phenoxy) is 1. The first-order chi connectivity index (χ1) is 9.89. The minimum Gasteiger partial charge on any atom is -0.497 e. The van der Waals surface area contributed by atoms with Crippen molar-refractivity contribution < 1.29 is 17.3 Å². The van der Waals surface area contributed by atoms with Crippen LogP contribution in [0.25, 0.3) is 0 Å². The van der Waals surface area contributed by atoms with Gasteiger partial charge in [-0.2, -0.15) is 8.42 Å². The first kappa shape index (κ1) is 15.9. The average molecular weight is 347 g/mol. The van der Waals surface area contributed by atoms with Gasteiger partial charge in [-0.05, 0) is 29.8 Å². The summed E-state index contributed by atoms with van der Waals surface area (Å²) in [5.74, 6) is 0.425. The molecule has 112 valence electrons. The number of hydrogen-bond acceptors (Lipinski definition) is 4. The first-order valence-electron chi connectivity index (χ1n) is 5.90. The molecule has 0 aliphatic heterocycles. The molecule has 0 aromatic heterocycles. The summed E-state index contributed by atoms with van der Waals surface area (Å²) in [6.07, 6.45) is 0. The van der Waals surface area contributed by atoms with Crippen LogP contribution in [0.4, 0.5) is 0 Å². The highest BCUT2D eigenvalue weighted by Crippen LogP contribution is 2.27. The van der Waals surface area contributed by atoms with Gasteiger partial charge in [-0.1, -0.05) is 35.3 Å². The summed E-state index contributed by atoms with van der Waals surface area (Å²) in [6.45, 7) is 0. The molecule has 0 amide bonds. The van der Waals surface area contributed by atoms with Crippen LogP contribution >= 0.6 is 23.2 Å². The highest BCUT2D eigenvalue weighted by Gasteiger charge is 2.15. The molecule has 2 rings (SSSR count). The molecule has 0 saturated heterocycles. The minimum absolute atomic E-state index is 0.118. The second kappa shape index (κ2) is 6.56. The van der Waals surface area contributed by atoms with Gasteiger partial charge in [0.05, 0.1) is 17.2 Å². The maximum absolute atomic E-state index is 12.0. The Hall–Kier alpha value is -1.43. The number of hydrogen-bond donors (Lipinski definition) is 0. The predicted octanol–water partition coefficient (Wildman–Crippen LogP) is 3.91. The molecule has 0 heterocycles. The summed E-state index contributed by atoms with van der Waals surface area (Å²) in [5.41, 5.74) is 0.564. The normalized spacial score (nSPS) is 11.2. The summed E-state index contributed by atoms with van der Waals surface area (Å²) < 4.78 is 34.1. The zero-order chi connectivity index (χ0) is 15.5. The molecule has 0 unspecified atom stereocenters. The van der Waals surface area contributed by atoms with Crippen molar-refractivity contribution in [2.75, 3.05) is 7.11 Å². The van der Waals surface area contributed by atoms with E-state index in [1.54, 1.807) is 24.3 Å². The van der Waals surface area contributed by atoms with E-state index < -0.39 is 10.1 Å². The lowest BCUT2D eigenvalue weighted by atomic mass is 10.2. The van der Waals surface area contributed by atoms with Crippen molar-refractivity contribution in [1.29, 1.82) is 0 Å². The maximum atomic E-state index is 12.0. The molecule has 21 heavy (non-hydrogen) atoms. The molecule has 4 nitrogen and oxygen atoms in total. The highest BCUT2D eigenvalue weighted by atomic mass is 35.5. The summed E-state index contributed by atoms with van der Waals surface area (Å²) in [4.78, 5) is 0. The van der Waals surface area contributed by atoms with E-state index in [2.05, 4.69) is 0 Å². The third-order valence-corrected chi connectivity index (χ3v) is 4.46. The fourth-order valence-corrected chi connectivity index (χ4v) is 3.00. The van der Waals surface area contributed by atoms with Crippen molar-refractivity contribution in [1.82, 2.24) is 0 Å². The topological polar surface area (TPSA) is 52.6 Å². The van der Waals surface area contributed by atoms with Gasteiger partial charge in [0.2, 0.25) is 0 Å². The van der Waals surface area contributed by atoms with Crippen LogP contribution in [0.1, 0.15) is 5.56 Å². The monoisotopic (exact) mass is 346 g/mol. The Bertz CT molecular complexity index is 744. The number of methoxy groups -OCH3 is 1. The second-order valence-corrected chi connectivity index (χ2v) is 6.60. The van der Waals surface area contributed by atoms with Gasteiger partial charge in [0, 0.05) is 6.07 Å². The van der Waals surface area contributed by atoms with Gasteiger partial charge in [-0.3, -0.25) is 0 Å². The van der Waals surface area contributed by atoms with Gasteiger partial charge in [-0.15, -0.1) is 0 Å². The van der Waals surface area contributed by atoms with Crippen LogP contribution in [0.15, 0.2) is 42.5 Å². The summed E-state index contributed by atoms with van der Waals surface area (Å²) in [7, 11) is -2.29. The molecule has 0 fully saturated rings. The molecular weight excluding hydrogens is 335 g/mol. The molecule has 0 bridgehead atoms. The largest absolute Gasteiger partial charge is 0.497 e. The Morgan fingerprint density at radius 1 is 1.00 bits per heavy atom. The van der Waals surface area contributed by atoms with Crippen LogP contribution in [0.5, 0.6) is 11.5 Å². The smallest absolute Gasteiger partial charge is 0.313 e. The Kier molecular flexibility index (Phi) is 4.98. The second-order valence-electron chi connectivity index (χ2n) is 4.21. The van der Waals surface area contributed by atoms with E-state index in [0.29, 0.717) is 16.3 Å².